The molecule has 0 amide bonds. The number of halogens is 4. The minimum absolute atomic E-state index is 0.288. The van der Waals surface area contributed by atoms with Crippen LogP contribution >= 0.6 is 0 Å². The Hall–Kier alpha value is -4.27. The number of hydrogen-bond donors (Lipinski definition) is 0. The Bertz CT molecular complexity index is 1340. The molecule has 0 aliphatic heterocycles. The number of rotatable bonds is 6. The molecule has 0 N–H and O–H groups in total. The first-order chi connectivity index (χ1) is 17.7. The molecule has 37 heavy (non-hydrogen) atoms. The van der Waals surface area contributed by atoms with Gasteiger partial charge in [0.2, 0.25) is 5.69 Å². The predicted octanol–water partition coefficient (Wildman–Crippen LogP) is 7.06. The van der Waals surface area contributed by atoms with E-state index in [1.54, 1.807) is 11.6 Å². The van der Waals surface area contributed by atoms with Crippen molar-refractivity contribution < 1.29 is 31.5 Å². The first-order valence-corrected chi connectivity index (χ1v) is 11.5. The molecule has 0 aliphatic carbocycles. The van der Waals surface area contributed by atoms with Gasteiger partial charge in [0.25, 0.3) is 0 Å². The number of benzene rings is 3. The summed E-state index contributed by atoms with van der Waals surface area (Å²) >= 11 is 0. The number of ether oxygens (including phenoxy) is 1. The standard InChI is InChI=1S/C28H25N2O2.BF4/c1-3-32-28(31)27-20-25(23-15-9-5-10-16-23)19-26(24-17-11-6-12-18-24)30(27)29-21(2)22-13-7-4-8-14-22;2-1(3,4)5/h4-20H,3H2,1-2H3;/q+1;-1/b29-21+;. The van der Waals surface area contributed by atoms with E-state index in [9.17, 15) is 22.1 Å². The third kappa shape index (κ3) is 8.13. The number of esters is 1. The molecule has 4 aromatic rings. The van der Waals surface area contributed by atoms with Gasteiger partial charge in [-0.25, -0.2) is 4.79 Å². The van der Waals surface area contributed by atoms with Gasteiger partial charge in [0.15, 0.2) is 0 Å². The summed E-state index contributed by atoms with van der Waals surface area (Å²) in [6, 6.07) is 33.8. The van der Waals surface area contributed by atoms with Gasteiger partial charge >= 0.3 is 18.9 Å². The number of aromatic nitrogens is 1. The molecular formula is C28H25BF4N2O2. The van der Waals surface area contributed by atoms with Crippen LogP contribution in [0.1, 0.15) is 29.9 Å². The Morgan fingerprint density at radius 3 is 1.78 bits per heavy atom. The fraction of sp³-hybridized carbons (Fsp3) is 0.107. The van der Waals surface area contributed by atoms with E-state index in [2.05, 4.69) is 6.07 Å². The molecule has 0 saturated carbocycles. The monoisotopic (exact) mass is 508 g/mol. The quantitative estimate of drug-likeness (QED) is 0.0921. The van der Waals surface area contributed by atoms with Gasteiger partial charge in [-0.2, -0.15) is 0 Å². The van der Waals surface area contributed by atoms with Gasteiger partial charge < -0.3 is 22.0 Å². The summed E-state index contributed by atoms with van der Waals surface area (Å²) in [7, 11) is -6.00. The van der Waals surface area contributed by atoms with Gasteiger partial charge in [-0.1, -0.05) is 78.9 Å². The van der Waals surface area contributed by atoms with Crippen LogP contribution in [0.5, 0.6) is 0 Å². The lowest BCUT2D eigenvalue weighted by atomic mass is 10.0. The van der Waals surface area contributed by atoms with Crippen LogP contribution in [0.4, 0.5) is 17.3 Å². The fourth-order valence-electron chi connectivity index (χ4n) is 3.55. The maximum Gasteiger partial charge on any atom is 0.673 e. The lowest BCUT2D eigenvalue weighted by molar-refractivity contribution is -0.670. The third-order valence-corrected chi connectivity index (χ3v) is 5.14. The van der Waals surface area contributed by atoms with E-state index in [1.165, 1.54) is 0 Å². The first kappa shape index (κ1) is 27.3. The molecule has 0 atom stereocenters. The number of carbonyl (C=O) groups is 1. The van der Waals surface area contributed by atoms with E-state index >= 15 is 0 Å². The summed E-state index contributed by atoms with van der Waals surface area (Å²) in [5.41, 5.74) is 5.88. The van der Waals surface area contributed by atoms with Gasteiger partial charge in [-0.05, 0) is 41.8 Å². The SMILES string of the molecule is CCOC(=O)c1cc(-c2ccccc2)cc(-c2ccccc2)[n+]1/N=C(\C)c1ccccc1.F[B-](F)(F)F. The van der Waals surface area contributed by atoms with Gasteiger partial charge in [0, 0.05) is 28.4 Å². The van der Waals surface area contributed by atoms with Crippen LogP contribution < -0.4 is 4.68 Å². The summed E-state index contributed by atoms with van der Waals surface area (Å²) in [6.45, 7) is 4.04. The Morgan fingerprint density at radius 2 is 1.27 bits per heavy atom. The van der Waals surface area contributed by atoms with Crippen molar-refractivity contribution in [2.75, 3.05) is 6.61 Å². The summed E-state index contributed by atoms with van der Waals surface area (Å²) in [6.07, 6.45) is 0. The van der Waals surface area contributed by atoms with Crippen LogP contribution in [-0.4, -0.2) is 25.5 Å². The molecule has 9 heteroatoms. The second-order valence-electron chi connectivity index (χ2n) is 7.83. The molecule has 0 unspecified atom stereocenters. The number of hydrogen-bond acceptors (Lipinski definition) is 3. The van der Waals surface area contributed by atoms with E-state index in [1.807, 2.05) is 104 Å². The first-order valence-electron chi connectivity index (χ1n) is 11.5. The number of carbonyl (C=O) groups excluding carboxylic acids is 1. The second kappa shape index (κ2) is 12.6. The van der Waals surface area contributed by atoms with Gasteiger partial charge in [0.05, 0.1) is 6.61 Å². The van der Waals surface area contributed by atoms with Crippen molar-refractivity contribution in [1.82, 2.24) is 0 Å². The molecular weight excluding hydrogens is 483 g/mol. The minimum atomic E-state index is -6.00. The third-order valence-electron chi connectivity index (χ3n) is 5.14. The van der Waals surface area contributed by atoms with Gasteiger partial charge in [-0.3, -0.25) is 0 Å². The van der Waals surface area contributed by atoms with Gasteiger partial charge in [0.1, 0.15) is 5.71 Å². The lowest BCUT2D eigenvalue weighted by Gasteiger charge is -2.09. The van der Waals surface area contributed by atoms with Crippen LogP contribution in [0.3, 0.4) is 0 Å². The highest BCUT2D eigenvalue weighted by Gasteiger charge is 2.28. The highest BCUT2D eigenvalue weighted by molar-refractivity contribution is 6.50. The van der Waals surface area contributed by atoms with Crippen molar-refractivity contribution >= 4 is 18.9 Å². The van der Waals surface area contributed by atoms with Crippen molar-refractivity contribution in [3.05, 3.63) is 114 Å². The molecule has 4 rings (SSSR count). The second-order valence-corrected chi connectivity index (χ2v) is 7.83. The Labute approximate surface area is 213 Å². The number of pyridine rings is 1. The molecule has 0 fully saturated rings. The fourth-order valence-corrected chi connectivity index (χ4v) is 3.55. The minimum Gasteiger partial charge on any atom is -0.458 e. The van der Waals surface area contributed by atoms with Crippen LogP contribution in [0.15, 0.2) is 108 Å². The summed E-state index contributed by atoms with van der Waals surface area (Å²) < 4.78 is 46.1. The smallest absolute Gasteiger partial charge is 0.458 e. The average Bonchev–Trinajstić information content (AvgIpc) is 2.89. The van der Waals surface area contributed by atoms with Crippen LogP contribution in [0, 0.1) is 0 Å². The van der Waals surface area contributed by atoms with Crippen molar-refractivity contribution in [2.24, 2.45) is 5.10 Å². The molecule has 0 saturated heterocycles. The highest BCUT2D eigenvalue weighted by Crippen LogP contribution is 2.25. The van der Waals surface area contributed by atoms with E-state index in [0.717, 1.165) is 33.7 Å². The molecule has 1 aromatic heterocycles. The Kier molecular flexibility index (Phi) is 9.32. The molecule has 4 nitrogen and oxygen atoms in total. The molecule has 3 aromatic carbocycles. The van der Waals surface area contributed by atoms with Crippen molar-refractivity contribution in [1.29, 1.82) is 0 Å². The molecule has 0 spiro atoms. The topological polar surface area (TPSA) is 42.5 Å². The van der Waals surface area contributed by atoms with Gasteiger partial charge in [-0.15, -0.1) is 0 Å². The van der Waals surface area contributed by atoms with Crippen LogP contribution in [0.2, 0.25) is 0 Å². The van der Waals surface area contributed by atoms with Crippen LogP contribution in [0.25, 0.3) is 22.4 Å². The molecule has 190 valence electrons. The lowest BCUT2D eigenvalue weighted by Crippen LogP contribution is -2.40. The van der Waals surface area contributed by atoms with E-state index in [0.29, 0.717) is 5.69 Å². The normalized spacial score (nSPS) is 11.4. The maximum absolute atomic E-state index is 13.0. The largest absolute Gasteiger partial charge is 0.673 e. The maximum atomic E-state index is 13.0. The summed E-state index contributed by atoms with van der Waals surface area (Å²) in [5.74, 6) is -0.410. The van der Waals surface area contributed by atoms with E-state index < -0.39 is 13.2 Å². The zero-order chi connectivity index (χ0) is 26.8. The Balaban J connectivity index is 0.000000695. The van der Waals surface area contributed by atoms with Crippen molar-refractivity contribution in [3.63, 3.8) is 0 Å². The van der Waals surface area contributed by atoms with E-state index in [-0.39, 0.29) is 6.61 Å². The molecule has 1 heterocycles. The van der Waals surface area contributed by atoms with E-state index in [4.69, 9.17) is 9.84 Å². The summed E-state index contributed by atoms with van der Waals surface area (Å²) in [4.78, 5) is 13.0. The predicted molar refractivity (Wildman–Crippen MR) is 138 cm³/mol. The molecule has 0 radical (unpaired) electrons. The van der Waals surface area contributed by atoms with Crippen molar-refractivity contribution in [2.45, 2.75) is 13.8 Å². The number of nitrogens with zero attached hydrogens (tertiary/aromatic N) is 2. The van der Waals surface area contributed by atoms with Crippen LogP contribution in [-0.2, 0) is 4.74 Å². The summed E-state index contributed by atoms with van der Waals surface area (Å²) in [5, 5.41) is 4.88. The zero-order valence-electron chi connectivity index (χ0n) is 20.3. The van der Waals surface area contributed by atoms with Crippen molar-refractivity contribution in [3.8, 4) is 22.4 Å². The molecule has 0 bridgehead atoms. The average molecular weight is 508 g/mol. The molecule has 0 aliphatic rings. The Morgan fingerprint density at radius 1 is 0.784 bits per heavy atom. The zero-order valence-corrected chi connectivity index (χ0v) is 20.3. The highest BCUT2D eigenvalue weighted by atomic mass is 19.5.